The van der Waals surface area contributed by atoms with Gasteiger partial charge < -0.3 is 5.32 Å². The maximum absolute atomic E-state index is 11.1. The van der Waals surface area contributed by atoms with Gasteiger partial charge in [-0.25, -0.2) is 0 Å². The molecule has 2 bridgehead atoms. The predicted octanol–water partition coefficient (Wildman–Crippen LogP) is 1.31. The van der Waals surface area contributed by atoms with Crippen LogP contribution in [0.25, 0.3) is 0 Å². The highest BCUT2D eigenvalue weighted by molar-refractivity contribution is 5.77. The summed E-state index contributed by atoms with van der Waals surface area (Å²) in [6.07, 6.45) is 3.04. The van der Waals surface area contributed by atoms with Gasteiger partial charge in [-0.2, -0.15) is 0 Å². The van der Waals surface area contributed by atoms with Gasteiger partial charge in [0.05, 0.1) is 0 Å². The molecule has 0 aromatic heterocycles. The molecule has 2 saturated heterocycles. The summed E-state index contributed by atoms with van der Waals surface area (Å²) >= 11 is 0. The molecule has 0 aromatic rings. The molecular formula is C9H15NO. The van der Waals surface area contributed by atoms with Crippen molar-refractivity contribution >= 4 is 5.91 Å². The maximum Gasteiger partial charge on any atom is 0.220 e. The van der Waals surface area contributed by atoms with Crippen molar-refractivity contribution in [2.24, 2.45) is 11.3 Å². The standard InChI is InChI=1S/C9H15NO/c1-9(2)6-3-4-8(11)10-7(9)5-6/h6-7H,3-5H2,1-2H3,(H,10,11)/t6-,7-/m0/s1. The Morgan fingerprint density at radius 2 is 2.27 bits per heavy atom. The van der Waals surface area contributed by atoms with E-state index in [4.69, 9.17) is 0 Å². The third-order valence-electron chi connectivity index (χ3n) is 3.53. The molecule has 2 heteroatoms. The molecule has 62 valence electrons. The van der Waals surface area contributed by atoms with Gasteiger partial charge in [-0.3, -0.25) is 4.79 Å². The summed E-state index contributed by atoms with van der Waals surface area (Å²) in [7, 11) is 0. The molecule has 2 heterocycles. The largest absolute Gasteiger partial charge is 0.353 e. The van der Waals surface area contributed by atoms with Crippen molar-refractivity contribution in [2.75, 3.05) is 0 Å². The van der Waals surface area contributed by atoms with Gasteiger partial charge in [-0.05, 0) is 24.2 Å². The van der Waals surface area contributed by atoms with Gasteiger partial charge >= 0.3 is 0 Å². The fourth-order valence-corrected chi connectivity index (χ4v) is 2.32. The number of fused-ring (bicyclic) bond motifs is 3. The smallest absolute Gasteiger partial charge is 0.220 e. The summed E-state index contributed by atoms with van der Waals surface area (Å²) in [5.41, 5.74) is 0.367. The molecule has 0 radical (unpaired) electrons. The zero-order valence-corrected chi connectivity index (χ0v) is 7.18. The van der Waals surface area contributed by atoms with E-state index in [1.54, 1.807) is 0 Å². The van der Waals surface area contributed by atoms with Crippen molar-refractivity contribution in [3.05, 3.63) is 0 Å². The lowest BCUT2D eigenvalue weighted by Crippen LogP contribution is -2.55. The van der Waals surface area contributed by atoms with E-state index < -0.39 is 0 Å². The highest BCUT2D eigenvalue weighted by Gasteiger charge is 2.49. The van der Waals surface area contributed by atoms with Gasteiger partial charge in [0.1, 0.15) is 0 Å². The topological polar surface area (TPSA) is 29.1 Å². The first-order valence-corrected chi connectivity index (χ1v) is 4.40. The van der Waals surface area contributed by atoms with Crippen LogP contribution in [0.15, 0.2) is 0 Å². The van der Waals surface area contributed by atoms with Crippen LogP contribution in [0.2, 0.25) is 0 Å². The van der Waals surface area contributed by atoms with E-state index in [0.717, 1.165) is 18.8 Å². The minimum Gasteiger partial charge on any atom is -0.353 e. The SMILES string of the molecule is CC1(C)[C@H]2CCC(=O)N[C@H]1C2. The molecule has 2 nitrogen and oxygen atoms in total. The Balaban J connectivity index is 2.17. The van der Waals surface area contributed by atoms with Crippen LogP contribution in [0, 0.1) is 11.3 Å². The van der Waals surface area contributed by atoms with E-state index in [9.17, 15) is 4.79 Å². The lowest BCUT2D eigenvalue weighted by molar-refractivity contribution is -0.122. The number of rotatable bonds is 0. The molecule has 0 unspecified atom stereocenters. The minimum atomic E-state index is 0.253. The van der Waals surface area contributed by atoms with Crippen molar-refractivity contribution in [3.63, 3.8) is 0 Å². The second-order valence-corrected chi connectivity index (χ2v) is 4.41. The van der Waals surface area contributed by atoms with Crippen LogP contribution in [0.5, 0.6) is 0 Å². The van der Waals surface area contributed by atoms with Gasteiger partial charge in [-0.15, -0.1) is 0 Å². The molecule has 3 aliphatic rings. The van der Waals surface area contributed by atoms with Crippen molar-refractivity contribution in [2.45, 2.75) is 39.2 Å². The minimum absolute atomic E-state index is 0.253. The van der Waals surface area contributed by atoms with Crippen molar-refractivity contribution in [1.82, 2.24) is 5.32 Å². The summed E-state index contributed by atoms with van der Waals surface area (Å²) in [4.78, 5) is 11.1. The molecule has 1 N–H and O–H groups in total. The first kappa shape index (κ1) is 7.14. The predicted molar refractivity (Wildman–Crippen MR) is 43.1 cm³/mol. The molecule has 1 amide bonds. The van der Waals surface area contributed by atoms with E-state index in [0.29, 0.717) is 11.5 Å². The number of hydrogen-bond acceptors (Lipinski definition) is 1. The molecule has 1 aliphatic carbocycles. The van der Waals surface area contributed by atoms with Crippen LogP contribution in [0.3, 0.4) is 0 Å². The molecule has 1 saturated carbocycles. The quantitative estimate of drug-likeness (QED) is 0.558. The molecule has 3 rings (SSSR count). The van der Waals surface area contributed by atoms with E-state index in [2.05, 4.69) is 19.2 Å². The van der Waals surface area contributed by atoms with Crippen molar-refractivity contribution in [1.29, 1.82) is 0 Å². The molecule has 0 spiro atoms. The molecule has 0 aromatic carbocycles. The monoisotopic (exact) mass is 153 g/mol. The van der Waals surface area contributed by atoms with Gasteiger partial charge in [-0.1, -0.05) is 13.8 Å². The fourth-order valence-electron chi connectivity index (χ4n) is 2.32. The van der Waals surface area contributed by atoms with Gasteiger partial charge in [0.2, 0.25) is 5.91 Å². The summed E-state index contributed by atoms with van der Waals surface area (Å²) in [5, 5.41) is 3.06. The summed E-state index contributed by atoms with van der Waals surface area (Å²) < 4.78 is 0. The number of amides is 1. The molecule has 11 heavy (non-hydrogen) atoms. The van der Waals surface area contributed by atoms with E-state index >= 15 is 0 Å². The summed E-state index contributed by atoms with van der Waals surface area (Å²) in [5.74, 6) is 1.04. The Kier molecular flexibility index (Phi) is 1.29. The Hall–Kier alpha value is -0.530. The Labute approximate surface area is 67.4 Å². The molecular weight excluding hydrogens is 138 g/mol. The third-order valence-corrected chi connectivity index (χ3v) is 3.53. The van der Waals surface area contributed by atoms with E-state index in [-0.39, 0.29) is 5.91 Å². The normalized spacial score (nSPS) is 40.4. The van der Waals surface area contributed by atoms with E-state index in [1.165, 1.54) is 6.42 Å². The number of hydrogen-bond donors (Lipinski definition) is 1. The zero-order valence-electron chi connectivity index (χ0n) is 7.18. The third kappa shape index (κ3) is 0.883. The summed E-state index contributed by atoms with van der Waals surface area (Å²) in [6, 6.07) is 0.461. The molecule has 2 aliphatic heterocycles. The zero-order chi connectivity index (χ0) is 8.06. The maximum atomic E-state index is 11.1. The van der Waals surface area contributed by atoms with Gasteiger partial charge in [0.15, 0.2) is 0 Å². The van der Waals surface area contributed by atoms with Crippen LogP contribution in [0.4, 0.5) is 0 Å². The second kappa shape index (κ2) is 1.99. The van der Waals surface area contributed by atoms with Crippen LogP contribution in [-0.2, 0) is 4.79 Å². The van der Waals surface area contributed by atoms with Crippen molar-refractivity contribution in [3.8, 4) is 0 Å². The first-order valence-electron chi connectivity index (χ1n) is 4.40. The summed E-state index contributed by atoms with van der Waals surface area (Å²) in [6.45, 7) is 4.52. The fraction of sp³-hybridized carbons (Fsp3) is 0.889. The van der Waals surface area contributed by atoms with Crippen LogP contribution >= 0.6 is 0 Å². The van der Waals surface area contributed by atoms with Crippen LogP contribution < -0.4 is 5.32 Å². The van der Waals surface area contributed by atoms with Crippen molar-refractivity contribution < 1.29 is 4.79 Å². The Morgan fingerprint density at radius 3 is 2.91 bits per heavy atom. The highest BCUT2D eigenvalue weighted by Crippen LogP contribution is 2.49. The van der Waals surface area contributed by atoms with Gasteiger partial charge in [0, 0.05) is 12.5 Å². The number of nitrogens with one attached hydrogen (secondary N) is 1. The van der Waals surface area contributed by atoms with Gasteiger partial charge in [0.25, 0.3) is 0 Å². The Bertz CT molecular complexity index is 198. The first-order chi connectivity index (χ1) is 5.10. The number of carbonyl (C=O) groups excluding carboxylic acids is 1. The Morgan fingerprint density at radius 1 is 1.55 bits per heavy atom. The van der Waals surface area contributed by atoms with Crippen LogP contribution in [0.1, 0.15) is 33.1 Å². The average Bonchev–Trinajstić information content (AvgIpc) is 2.17. The van der Waals surface area contributed by atoms with Crippen LogP contribution in [-0.4, -0.2) is 11.9 Å². The lowest BCUT2D eigenvalue weighted by Gasteiger charge is -2.50. The lowest BCUT2D eigenvalue weighted by atomic mass is 9.58. The van der Waals surface area contributed by atoms with E-state index in [1.807, 2.05) is 0 Å². The second-order valence-electron chi connectivity index (χ2n) is 4.41. The highest BCUT2D eigenvalue weighted by atomic mass is 16.1. The average molecular weight is 153 g/mol. The number of carbonyl (C=O) groups is 1. The molecule has 2 atom stereocenters. The molecule has 3 fully saturated rings.